The molecule has 114 valence electrons. The summed E-state index contributed by atoms with van der Waals surface area (Å²) < 4.78 is 65.7. The van der Waals surface area contributed by atoms with Crippen LogP contribution in [0.5, 0.6) is 0 Å². The predicted octanol–water partition coefficient (Wildman–Crippen LogP) is -1.06. The van der Waals surface area contributed by atoms with Crippen LogP contribution in [0.4, 0.5) is 18.0 Å². The minimum atomic E-state index is -5.95. The molecule has 0 aliphatic carbocycles. The maximum absolute atomic E-state index is 12.1. The van der Waals surface area contributed by atoms with Gasteiger partial charge in [0.2, 0.25) is 0 Å². The van der Waals surface area contributed by atoms with E-state index in [1.54, 1.807) is 0 Å². The highest BCUT2D eigenvalue weighted by Gasteiger charge is 2.49. The first-order chi connectivity index (χ1) is 8.99. The number of nitrogens with zero attached hydrogens (tertiary/aromatic N) is 1. The van der Waals surface area contributed by atoms with Crippen LogP contribution in [0.3, 0.4) is 0 Å². The van der Waals surface area contributed by atoms with Gasteiger partial charge in [-0.15, -0.1) is 0 Å². The average molecular weight is 318 g/mol. The number of hydrogen-bond acceptors (Lipinski definition) is 7. The first-order valence-corrected chi connectivity index (χ1v) is 6.17. The molecule has 0 spiro atoms. The van der Waals surface area contributed by atoms with Crippen molar-refractivity contribution in [2.24, 2.45) is 0 Å². The summed E-state index contributed by atoms with van der Waals surface area (Å²) in [6, 6.07) is -1.64. The van der Waals surface area contributed by atoms with E-state index in [1.165, 1.54) is 0 Å². The Labute approximate surface area is 110 Å². The number of hydrogen-bond donors (Lipinski definition) is 0. The molecule has 0 bridgehead atoms. The van der Waals surface area contributed by atoms with Gasteiger partial charge in [-0.2, -0.15) is 21.6 Å². The molecule has 0 aromatic heterocycles. The number of rotatable bonds is 3. The highest BCUT2D eigenvalue weighted by Crippen LogP contribution is 2.29. The number of amides is 1. The van der Waals surface area contributed by atoms with Crippen LogP contribution in [0, 0.1) is 0 Å². The molecule has 1 atom stereocenters. The highest BCUT2D eigenvalue weighted by molar-refractivity contribution is 7.87. The Morgan fingerprint density at radius 1 is 1.45 bits per heavy atom. The van der Waals surface area contributed by atoms with Crippen LogP contribution in [0.1, 0.15) is 0 Å². The van der Waals surface area contributed by atoms with Crippen molar-refractivity contribution >= 4 is 22.2 Å². The molecule has 1 amide bonds. The Hall–Kier alpha value is -1.98. The summed E-state index contributed by atoms with van der Waals surface area (Å²) in [7, 11) is -5.03. The minimum Gasteiger partial charge on any atom is -0.530 e. The smallest absolute Gasteiger partial charge is 0.530 e. The molecule has 0 saturated carbocycles. The number of methoxy groups -OCH3 is 1. The zero-order valence-corrected chi connectivity index (χ0v) is 10.5. The standard InChI is InChI=1S/C8H8F3NO7S/c1-18-6(13)5-2-4(3-12(5)7(14)15)19-20(16,17)8(9,10)11/h2,5H,3H2,1H3,(H,14,15)/p-1. The number of ether oxygens (including phenoxy) is 1. The van der Waals surface area contributed by atoms with Gasteiger partial charge in [0, 0.05) is 0 Å². The third kappa shape index (κ3) is 3.12. The van der Waals surface area contributed by atoms with Gasteiger partial charge in [0.1, 0.15) is 11.9 Å². The van der Waals surface area contributed by atoms with E-state index >= 15 is 0 Å². The average Bonchev–Trinajstić information content (AvgIpc) is 2.69. The maximum Gasteiger partial charge on any atom is 0.534 e. The molecule has 1 aliphatic rings. The van der Waals surface area contributed by atoms with E-state index in [9.17, 15) is 36.3 Å². The molecule has 0 N–H and O–H groups in total. The third-order valence-electron chi connectivity index (χ3n) is 2.18. The molecule has 1 rings (SSSR count). The molecule has 12 heteroatoms. The van der Waals surface area contributed by atoms with E-state index in [-0.39, 0.29) is 4.90 Å². The van der Waals surface area contributed by atoms with Gasteiger partial charge in [0.25, 0.3) is 0 Å². The van der Waals surface area contributed by atoms with Gasteiger partial charge in [-0.1, -0.05) is 0 Å². The number of carbonyl (C=O) groups excluding carboxylic acids is 2. The maximum atomic E-state index is 12.1. The Morgan fingerprint density at radius 2 is 2.00 bits per heavy atom. The lowest BCUT2D eigenvalue weighted by molar-refractivity contribution is -0.266. The fraction of sp³-hybridized carbons (Fsp3) is 0.500. The van der Waals surface area contributed by atoms with Gasteiger partial charge in [0.15, 0.2) is 6.04 Å². The van der Waals surface area contributed by atoms with Crippen LogP contribution in [0.2, 0.25) is 0 Å². The van der Waals surface area contributed by atoms with Gasteiger partial charge in [0.05, 0.1) is 13.7 Å². The Balaban J connectivity index is 2.99. The lowest BCUT2D eigenvalue weighted by Crippen LogP contribution is -2.48. The van der Waals surface area contributed by atoms with Crippen LogP contribution in [0.15, 0.2) is 11.8 Å². The van der Waals surface area contributed by atoms with E-state index in [0.717, 1.165) is 7.11 Å². The minimum absolute atomic E-state index is 0.257. The summed E-state index contributed by atoms with van der Waals surface area (Å²) in [5.41, 5.74) is -5.68. The van der Waals surface area contributed by atoms with Crippen molar-refractivity contribution in [2.45, 2.75) is 11.6 Å². The molecule has 0 fully saturated rings. The number of halogens is 3. The van der Waals surface area contributed by atoms with Crippen LogP contribution in [-0.2, 0) is 23.8 Å². The molecule has 0 saturated heterocycles. The molecule has 20 heavy (non-hydrogen) atoms. The van der Waals surface area contributed by atoms with Crippen molar-refractivity contribution in [2.75, 3.05) is 13.7 Å². The number of carbonyl (C=O) groups is 2. The first-order valence-electron chi connectivity index (χ1n) is 4.76. The summed E-state index contributed by atoms with van der Waals surface area (Å²) in [6.45, 7) is -0.891. The summed E-state index contributed by atoms with van der Waals surface area (Å²) in [6.07, 6.45) is -1.31. The van der Waals surface area contributed by atoms with Crippen molar-refractivity contribution in [1.29, 1.82) is 0 Å². The number of esters is 1. The van der Waals surface area contributed by atoms with Crippen molar-refractivity contribution in [3.8, 4) is 0 Å². The van der Waals surface area contributed by atoms with Gasteiger partial charge < -0.3 is 23.7 Å². The molecule has 1 heterocycles. The first kappa shape index (κ1) is 16.1. The normalized spacial score (nSPS) is 19.5. The van der Waals surface area contributed by atoms with Crippen molar-refractivity contribution in [3.05, 3.63) is 11.8 Å². The third-order valence-corrected chi connectivity index (χ3v) is 3.18. The number of alkyl halides is 3. The number of carboxylic acid groups (broad SMARTS) is 1. The quantitative estimate of drug-likeness (QED) is 0.370. The van der Waals surface area contributed by atoms with Gasteiger partial charge in [-0.25, -0.2) is 4.79 Å². The van der Waals surface area contributed by atoms with Gasteiger partial charge >= 0.3 is 21.6 Å². The second-order valence-corrected chi connectivity index (χ2v) is 5.02. The second-order valence-electron chi connectivity index (χ2n) is 3.48. The van der Waals surface area contributed by atoms with Crippen molar-refractivity contribution < 1.29 is 45.2 Å². The Kier molecular flexibility index (Phi) is 4.17. The lowest BCUT2D eigenvalue weighted by atomic mass is 10.3. The SMILES string of the molecule is COC(=O)C1C=C(OS(=O)(=O)C(F)(F)F)CN1C(=O)[O-]. The zero-order chi connectivity index (χ0) is 15.7. The molecular weight excluding hydrogens is 311 g/mol. The van der Waals surface area contributed by atoms with E-state index in [2.05, 4.69) is 8.92 Å². The van der Waals surface area contributed by atoms with Crippen LogP contribution < -0.4 is 5.11 Å². The molecule has 1 aliphatic heterocycles. The monoisotopic (exact) mass is 318 g/mol. The largest absolute Gasteiger partial charge is 0.534 e. The summed E-state index contributed by atoms with van der Waals surface area (Å²) >= 11 is 0. The van der Waals surface area contributed by atoms with Gasteiger partial charge in [-0.05, 0) is 6.08 Å². The van der Waals surface area contributed by atoms with Crippen molar-refractivity contribution in [3.63, 3.8) is 0 Å². The van der Waals surface area contributed by atoms with E-state index < -0.39 is 46.0 Å². The molecule has 0 aromatic rings. The molecular formula is C8H7F3NO7S-. The second kappa shape index (κ2) is 5.19. The van der Waals surface area contributed by atoms with E-state index in [4.69, 9.17) is 0 Å². The van der Waals surface area contributed by atoms with Gasteiger partial charge in [-0.3, -0.25) is 0 Å². The lowest BCUT2D eigenvalue weighted by Gasteiger charge is -2.24. The van der Waals surface area contributed by atoms with Crippen LogP contribution in [-0.4, -0.2) is 50.6 Å². The fourth-order valence-electron chi connectivity index (χ4n) is 1.32. The summed E-state index contributed by atoms with van der Waals surface area (Å²) in [5.74, 6) is -2.00. The zero-order valence-electron chi connectivity index (χ0n) is 9.71. The van der Waals surface area contributed by atoms with Crippen molar-refractivity contribution in [1.82, 2.24) is 4.90 Å². The van der Waals surface area contributed by atoms with Crippen LogP contribution in [0.25, 0.3) is 0 Å². The molecule has 1 unspecified atom stereocenters. The molecule has 8 nitrogen and oxygen atoms in total. The predicted molar refractivity (Wildman–Crippen MR) is 52.0 cm³/mol. The summed E-state index contributed by atoms with van der Waals surface area (Å²) in [4.78, 5) is 22.2. The molecule has 0 radical (unpaired) electrons. The highest BCUT2D eigenvalue weighted by atomic mass is 32.2. The Bertz CT molecular complexity index is 553. The molecule has 0 aromatic carbocycles. The van der Waals surface area contributed by atoms with Crippen LogP contribution >= 0.6 is 0 Å². The summed E-state index contributed by atoms with van der Waals surface area (Å²) in [5, 5.41) is 10.7. The topological polar surface area (TPSA) is 113 Å². The fourth-order valence-corrected chi connectivity index (χ4v) is 1.81. The van der Waals surface area contributed by atoms with E-state index in [0.29, 0.717) is 6.08 Å². The Morgan fingerprint density at radius 3 is 2.40 bits per heavy atom. The van der Waals surface area contributed by atoms with E-state index in [1.807, 2.05) is 0 Å².